The summed E-state index contributed by atoms with van der Waals surface area (Å²) in [4.78, 5) is 6.43. The molecule has 2 atom stereocenters. The molecule has 2 saturated heterocycles. The van der Waals surface area contributed by atoms with E-state index in [9.17, 15) is 8.42 Å². The van der Waals surface area contributed by atoms with E-state index in [0.29, 0.717) is 12.6 Å². The van der Waals surface area contributed by atoms with Crippen LogP contribution in [0, 0.1) is 0 Å². The highest BCUT2D eigenvalue weighted by molar-refractivity contribution is 7.88. The van der Waals surface area contributed by atoms with E-state index in [0.717, 1.165) is 25.9 Å². The van der Waals surface area contributed by atoms with Gasteiger partial charge in [0, 0.05) is 44.1 Å². The van der Waals surface area contributed by atoms with Gasteiger partial charge in [-0.05, 0) is 30.5 Å². The lowest BCUT2D eigenvalue weighted by Crippen LogP contribution is -2.38. The Hall–Kier alpha value is -0.980. The number of hydrogen-bond acceptors (Lipinski definition) is 4. The molecule has 19 heavy (non-hydrogen) atoms. The summed E-state index contributed by atoms with van der Waals surface area (Å²) >= 11 is 0. The van der Waals surface area contributed by atoms with Crippen molar-refractivity contribution in [2.75, 3.05) is 19.3 Å². The first-order chi connectivity index (χ1) is 9.05. The van der Waals surface area contributed by atoms with Gasteiger partial charge in [-0.25, -0.2) is 8.42 Å². The van der Waals surface area contributed by atoms with Gasteiger partial charge in [0.15, 0.2) is 0 Å². The molecule has 0 amide bonds. The molecule has 0 radical (unpaired) electrons. The summed E-state index contributed by atoms with van der Waals surface area (Å²) in [6.07, 6.45) is 6.83. The lowest BCUT2D eigenvalue weighted by molar-refractivity contribution is 0.240. The molecule has 2 aliphatic heterocycles. The Morgan fingerprint density at radius 3 is 2.58 bits per heavy atom. The summed E-state index contributed by atoms with van der Waals surface area (Å²) in [5.74, 6) is 0. The smallest absolute Gasteiger partial charge is 0.211 e. The fourth-order valence-electron chi connectivity index (χ4n) is 3.37. The summed E-state index contributed by atoms with van der Waals surface area (Å²) in [5, 5.41) is 0. The lowest BCUT2D eigenvalue weighted by Gasteiger charge is -2.24. The molecule has 1 aromatic heterocycles. The largest absolute Gasteiger partial charge is 0.294 e. The zero-order valence-electron chi connectivity index (χ0n) is 11.1. The van der Waals surface area contributed by atoms with Gasteiger partial charge in [-0.15, -0.1) is 0 Å². The van der Waals surface area contributed by atoms with Crippen molar-refractivity contribution in [3.8, 4) is 0 Å². The molecule has 2 aliphatic rings. The molecule has 3 heterocycles. The fourth-order valence-corrected chi connectivity index (χ4v) is 4.54. The first-order valence-electron chi connectivity index (χ1n) is 6.65. The minimum absolute atomic E-state index is 0.178. The topological polar surface area (TPSA) is 53.5 Å². The molecule has 0 spiro atoms. The third kappa shape index (κ3) is 2.52. The molecule has 0 unspecified atom stereocenters. The molecule has 0 saturated carbocycles. The lowest BCUT2D eigenvalue weighted by atomic mass is 10.1. The van der Waals surface area contributed by atoms with Gasteiger partial charge in [-0.1, -0.05) is 0 Å². The van der Waals surface area contributed by atoms with Crippen molar-refractivity contribution in [2.45, 2.75) is 31.5 Å². The predicted octanol–water partition coefficient (Wildman–Crippen LogP) is 0.690. The molecular weight excluding hydrogens is 262 g/mol. The molecular formula is C13H19N3O2S. The third-order valence-corrected chi connectivity index (χ3v) is 5.51. The van der Waals surface area contributed by atoms with Crippen LogP contribution in [-0.4, -0.2) is 54.0 Å². The predicted molar refractivity (Wildman–Crippen MR) is 73.0 cm³/mol. The maximum absolute atomic E-state index is 11.7. The summed E-state index contributed by atoms with van der Waals surface area (Å²) in [5.41, 5.74) is 1.24. The number of aromatic nitrogens is 1. The number of nitrogens with zero attached hydrogens (tertiary/aromatic N) is 3. The average molecular weight is 281 g/mol. The average Bonchev–Trinajstić information content (AvgIpc) is 2.92. The number of likely N-dealkylation sites (tertiary alicyclic amines) is 1. The van der Waals surface area contributed by atoms with Crippen LogP contribution in [0.5, 0.6) is 0 Å². The maximum Gasteiger partial charge on any atom is 0.211 e. The van der Waals surface area contributed by atoms with Crippen molar-refractivity contribution >= 4 is 10.0 Å². The first-order valence-corrected chi connectivity index (χ1v) is 8.50. The van der Waals surface area contributed by atoms with Crippen LogP contribution in [-0.2, 0) is 16.6 Å². The van der Waals surface area contributed by atoms with Gasteiger partial charge in [0.05, 0.1) is 6.26 Å². The van der Waals surface area contributed by atoms with Crippen molar-refractivity contribution in [1.29, 1.82) is 0 Å². The van der Waals surface area contributed by atoms with Gasteiger partial charge >= 0.3 is 0 Å². The number of pyridine rings is 1. The van der Waals surface area contributed by atoms with Gasteiger partial charge in [0.2, 0.25) is 10.0 Å². The number of rotatable bonds is 3. The van der Waals surface area contributed by atoms with E-state index in [4.69, 9.17) is 0 Å². The highest BCUT2D eigenvalue weighted by Gasteiger charge is 2.45. The highest BCUT2D eigenvalue weighted by atomic mass is 32.2. The monoisotopic (exact) mass is 281 g/mol. The van der Waals surface area contributed by atoms with E-state index < -0.39 is 10.0 Å². The Labute approximate surface area is 114 Å². The van der Waals surface area contributed by atoms with Gasteiger partial charge < -0.3 is 0 Å². The summed E-state index contributed by atoms with van der Waals surface area (Å²) in [7, 11) is -3.06. The van der Waals surface area contributed by atoms with Crippen LogP contribution in [0.25, 0.3) is 0 Å². The minimum Gasteiger partial charge on any atom is -0.294 e. The van der Waals surface area contributed by atoms with Crippen molar-refractivity contribution < 1.29 is 8.42 Å². The van der Waals surface area contributed by atoms with Crippen molar-refractivity contribution in [1.82, 2.24) is 14.2 Å². The summed E-state index contributed by atoms with van der Waals surface area (Å²) < 4.78 is 25.2. The fraction of sp³-hybridized carbons (Fsp3) is 0.615. The zero-order chi connectivity index (χ0) is 13.5. The first kappa shape index (κ1) is 13.0. The third-order valence-electron chi connectivity index (χ3n) is 4.20. The van der Waals surface area contributed by atoms with Gasteiger partial charge in [-0.2, -0.15) is 4.31 Å². The van der Waals surface area contributed by atoms with E-state index in [1.807, 2.05) is 12.1 Å². The summed E-state index contributed by atoms with van der Waals surface area (Å²) in [6, 6.07) is 4.60. The van der Waals surface area contributed by atoms with Crippen molar-refractivity contribution in [3.63, 3.8) is 0 Å². The maximum atomic E-state index is 11.7. The van der Waals surface area contributed by atoms with Crippen LogP contribution in [0.1, 0.15) is 18.4 Å². The molecule has 0 bridgehead atoms. The summed E-state index contributed by atoms with van der Waals surface area (Å²) in [6.45, 7) is 2.53. The number of sulfonamides is 1. The van der Waals surface area contributed by atoms with E-state index in [-0.39, 0.29) is 6.04 Å². The van der Waals surface area contributed by atoms with E-state index in [2.05, 4.69) is 9.88 Å². The van der Waals surface area contributed by atoms with Crippen LogP contribution in [0.4, 0.5) is 0 Å². The van der Waals surface area contributed by atoms with Crippen LogP contribution in [0.2, 0.25) is 0 Å². The second-order valence-corrected chi connectivity index (χ2v) is 7.35. The Balaban J connectivity index is 1.72. The quantitative estimate of drug-likeness (QED) is 0.818. The van der Waals surface area contributed by atoms with Crippen LogP contribution < -0.4 is 0 Å². The molecule has 0 aromatic carbocycles. The minimum atomic E-state index is -3.06. The normalized spacial score (nSPS) is 28.7. The molecule has 0 aliphatic carbocycles. The SMILES string of the molecule is CS(=O)(=O)N1CC[C@@H]2[C@@H]1CCN2Cc1ccncc1. The van der Waals surface area contributed by atoms with Gasteiger partial charge in [0.1, 0.15) is 0 Å². The molecule has 2 fully saturated rings. The molecule has 1 aromatic rings. The van der Waals surface area contributed by atoms with Crippen LogP contribution in [0.15, 0.2) is 24.5 Å². The van der Waals surface area contributed by atoms with Crippen molar-refractivity contribution in [3.05, 3.63) is 30.1 Å². The number of hydrogen-bond donors (Lipinski definition) is 0. The highest BCUT2D eigenvalue weighted by Crippen LogP contribution is 2.33. The molecule has 3 rings (SSSR count). The second kappa shape index (κ2) is 4.85. The van der Waals surface area contributed by atoms with E-state index in [1.165, 1.54) is 11.8 Å². The Kier molecular flexibility index (Phi) is 3.32. The molecule has 0 N–H and O–H groups in total. The Bertz CT molecular complexity index is 546. The number of fused-ring (bicyclic) bond motifs is 1. The van der Waals surface area contributed by atoms with Crippen LogP contribution in [0.3, 0.4) is 0 Å². The van der Waals surface area contributed by atoms with Crippen LogP contribution >= 0.6 is 0 Å². The van der Waals surface area contributed by atoms with E-state index >= 15 is 0 Å². The van der Waals surface area contributed by atoms with Gasteiger partial charge in [0.25, 0.3) is 0 Å². The molecule has 5 nitrogen and oxygen atoms in total. The molecule has 104 valence electrons. The Morgan fingerprint density at radius 2 is 1.89 bits per heavy atom. The molecule has 6 heteroatoms. The van der Waals surface area contributed by atoms with E-state index in [1.54, 1.807) is 16.7 Å². The standard InChI is InChI=1S/C13H19N3O2S/c1-19(17,18)16-9-5-12-13(16)4-8-15(12)10-11-2-6-14-7-3-11/h2-3,6-7,12-13H,4-5,8-10H2,1H3/t12-,13+/m1/s1. The zero-order valence-corrected chi connectivity index (χ0v) is 11.9. The Morgan fingerprint density at radius 1 is 1.21 bits per heavy atom. The van der Waals surface area contributed by atoms with Gasteiger partial charge in [-0.3, -0.25) is 9.88 Å². The second-order valence-electron chi connectivity index (χ2n) is 5.41. The van der Waals surface area contributed by atoms with Crippen molar-refractivity contribution in [2.24, 2.45) is 0 Å².